The van der Waals surface area contributed by atoms with Crippen LogP contribution in [0.1, 0.15) is 12.5 Å². The molecule has 0 amide bonds. The molecule has 12 heavy (non-hydrogen) atoms. The van der Waals surface area contributed by atoms with Crippen molar-refractivity contribution in [2.45, 2.75) is 13.5 Å². The van der Waals surface area contributed by atoms with E-state index in [1.807, 2.05) is 31.2 Å². The fraction of sp³-hybridized carbons (Fsp3) is 0.333. The van der Waals surface area contributed by atoms with Crippen LogP contribution in [-0.4, -0.2) is 6.61 Å². The van der Waals surface area contributed by atoms with E-state index in [1.165, 1.54) is 0 Å². The monoisotopic (exact) mass is 230 g/mol. The first-order valence-corrected chi connectivity index (χ1v) is 3.78. The van der Waals surface area contributed by atoms with E-state index < -0.39 is 0 Å². The molecule has 0 saturated carbocycles. The minimum atomic E-state index is 0. The van der Waals surface area contributed by atoms with Crippen molar-refractivity contribution in [3.8, 4) is 5.75 Å². The first kappa shape index (κ1) is 11.5. The molecule has 0 radical (unpaired) electrons. The first-order chi connectivity index (χ1) is 5.36. The molecule has 68 valence electrons. The third-order valence-corrected chi connectivity index (χ3v) is 1.47. The fourth-order valence-corrected chi connectivity index (χ4v) is 0.888. The lowest BCUT2D eigenvalue weighted by Crippen LogP contribution is -3.00. The second-order valence-corrected chi connectivity index (χ2v) is 2.28. The van der Waals surface area contributed by atoms with Crippen LogP contribution >= 0.6 is 0 Å². The van der Waals surface area contributed by atoms with E-state index in [4.69, 9.17) is 10.5 Å². The van der Waals surface area contributed by atoms with Crippen molar-refractivity contribution in [2.75, 3.05) is 6.61 Å². The molecule has 0 fully saturated rings. The fourth-order valence-electron chi connectivity index (χ4n) is 0.888. The lowest BCUT2D eigenvalue weighted by Gasteiger charge is -2.02. The summed E-state index contributed by atoms with van der Waals surface area (Å²) in [5, 5.41) is 0. The Hall–Kier alpha value is -0.540. The maximum Gasteiger partial charge on any atom is 0.119 e. The zero-order valence-corrected chi connectivity index (χ0v) is 8.67. The number of ether oxygens (including phenoxy) is 1. The average Bonchev–Trinajstić information content (AvgIpc) is 2.07. The van der Waals surface area contributed by atoms with Gasteiger partial charge in [-0.25, -0.2) is 0 Å². The van der Waals surface area contributed by atoms with E-state index in [0.717, 1.165) is 11.3 Å². The molecule has 0 aliphatic rings. The second kappa shape index (κ2) is 6.03. The Bertz CT molecular complexity index is 210. The van der Waals surface area contributed by atoms with Gasteiger partial charge in [0.15, 0.2) is 0 Å². The molecule has 0 unspecified atom stereocenters. The quantitative estimate of drug-likeness (QED) is 0.690. The van der Waals surface area contributed by atoms with Gasteiger partial charge in [0.2, 0.25) is 0 Å². The van der Waals surface area contributed by atoms with Gasteiger partial charge in [-0.3, -0.25) is 0 Å². The highest BCUT2D eigenvalue weighted by molar-refractivity contribution is 5.26. The van der Waals surface area contributed by atoms with Crippen molar-refractivity contribution in [1.82, 2.24) is 0 Å². The van der Waals surface area contributed by atoms with E-state index in [2.05, 4.69) is 0 Å². The highest BCUT2D eigenvalue weighted by atomic mass is 79.9. The third-order valence-electron chi connectivity index (χ3n) is 1.47. The number of halogens is 1. The number of rotatable bonds is 3. The molecule has 0 aliphatic carbocycles. The van der Waals surface area contributed by atoms with Crippen LogP contribution in [0.3, 0.4) is 0 Å². The first-order valence-electron chi connectivity index (χ1n) is 3.78. The Balaban J connectivity index is 0.00000121. The van der Waals surface area contributed by atoms with Crippen LogP contribution < -0.4 is 27.5 Å². The lowest BCUT2D eigenvalue weighted by atomic mass is 10.2. The maximum atomic E-state index is 5.43. The van der Waals surface area contributed by atoms with Gasteiger partial charge in [-0.15, -0.1) is 0 Å². The third kappa shape index (κ3) is 3.24. The molecule has 0 spiro atoms. The van der Waals surface area contributed by atoms with Gasteiger partial charge in [0.1, 0.15) is 5.75 Å². The Kier molecular flexibility index (Phi) is 5.76. The normalized spacial score (nSPS) is 8.83. The number of nitrogens with two attached hydrogens (primary N) is 1. The zero-order chi connectivity index (χ0) is 8.10. The van der Waals surface area contributed by atoms with Crippen LogP contribution in [0.4, 0.5) is 0 Å². The van der Waals surface area contributed by atoms with Crippen LogP contribution in [0.25, 0.3) is 0 Å². The topological polar surface area (TPSA) is 35.2 Å². The smallest absolute Gasteiger partial charge is 0.119 e. The summed E-state index contributed by atoms with van der Waals surface area (Å²) in [6.45, 7) is 3.27. The molecule has 1 rings (SSSR count). The van der Waals surface area contributed by atoms with E-state index in [9.17, 15) is 0 Å². The van der Waals surface area contributed by atoms with Gasteiger partial charge in [0, 0.05) is 6.54 Å². The minimum absolute atomic E-state index is 0. The highest BCUT2D eigenvalue weighted by Gasteiger charge is 1.90. The van der Waals surface area contributed by atoms with E-state index in [-0.39, 0.29) is 17.0 Å². The van der Waals surface area contributed by atoms with Crippen LogP contribution in [0.5, 0.6) is 5.75 Å². The predicted octanol–water partition coefficient (Wildman–Crippen LogP) is -1.45. The number of hydrogen-bond donors (Lipinski definition) is 1. The molecule has 0 aliphatic heterocycles. The molecular weight excluding hydrogens is 218 g/mol. The van der Waals surface area contributed by atoms with Crippen molar-refractivity contribution in [2.24, 2.45) is 5.73 Å². The van der Waals surface area contributed by atoms with Crippen LogP contribution in [-0.2, 0) is 6.54 Å². The average molecular weight is 231 g/mol. The van der Waals surface area contributed by atoms with E-state index in [1.54, 1.807) is 0 Å². The van der Waals surface area contributed by atoms with Gasteiger partial charge in [-0.05, 0) is 24.6 Å². The maximum absolute atomic E-state index is 5.43. The molecule has 0 bridgehead atoms. The molecule has 0 saturated heterocycles. The Morgan fingerprint density at radius 1 is 1.25 bits per heavy atom. The summed E-state index contributed by atoms with van der Waals surface area (Å²) in [7, 11) is 0. The van der Waals surface area contributed by atoms with Gasteiger partial charge in [-0.2, -0.15) is 0 Å². The zero-order valence-electron chi connectivity index (χ0n) is 7.09. The Morgan fingerprint density at radius 3 is 2.25 bits per heavy atom. The lowest BCUT2D eigenvalue weighted by molar-refractivity contribution is -0.00000295. The SMILES string of the molecule is CCOc1ccc(CN)cc1.[Br-]. The summed E-state index contributed by atoms with van der Waals surface area (Å²) in [5.74, 6) is 0.907. The summed E-state index contributed by atoms with van der Waals surface area (Å²) in [6.07, 6.45) is 0. The van der Waals surface area contributed by atoms with Crippen molar-refractivity contribution >= 4 is 0 Å². The van der Waals surface area contributed by atoms with Crippen LogP contribution in [0.2, 0.25) is 0 Å². The molecule has 2 N–H and O–H groups in total. The van der Waals surface area contributed by atoms with Gasteiger partial charge in [0.05, 0.1) is 6.61 Å². The molecule has 1 aromatic rings. The highest BCUT2D eigenvalue weighted by Crippen LogP contribution is 2.11. The van der Waals surface area contributed by atoms with Crippen molar-refractivity contribution in [3.63, 3.8) is 0 Å². The molecular formula is C9H13BrNO-. The molecule has 0 atom stereocenters. The van der Waals surface area contributed by atoms with Gasteiger partial charge < -0.3 is 27.5 Å². The van der Waals surface area contributed by atoms with Gasteiger partial charge >= 0.3 is 0 Å². The summed E-state index contributed by atoms with van der Waals surface area (Å²) in [6, 6.07) is 7.83. The summed E-state index contributed by atoms with van der Waals surface area (Å²) < 4.78 is 5.26. The van der Waals surface area contributed by atoms with Crippen LogP contribution in [0.15, 0.2) is 24.3 Å². The second-order valence-electron chi connectivity index (χ2n) is 2.28. The molecule has 2 nitrogen and oxygen atoms in total. The van der Waals surface area contributed by atoms with Gasteiger partial charge in [-0.1, -0.05) is 12.1 Å². The van der Waals surface area contributed by atoms with Gasteiger partial charge in [0.25, 0.3) is 0 Å². The standard InChI is InChI=1S/C9H13NO.BrH/c1-2-11-9-5-3-8(7-10)4-6-9;/h3-6H,2,7,10H2,1H3;1H/p-1. The summed E-state index contributed by atoms with van der Waals surface area (Å²) in [4.78, 5) is 0. The Labute approximate surface area is 83.5 Å². The molecule has 1 aromatic carbocycles. The summed E-state index contributed by atoms with van der Waals surface area (Å²) in [5.41, 5.74) is 6.57. The van der Waals surface area contributed by atoms with Crippen LogP contribution in [0, 0.1) is 0 Å². The van der Waals surface area contributed by atoms with Crippen molar-refractivity contribution in [1.29, 1.82) is 0 Å². The van der Waals surface area contributed by atoms with E-state index >= 15 is 0 Å². The largest absolute Gasteiger partial charge is 1.00 e. The van der Waals surface area contributed by atoms with E-state index in [0.29, 0.717) is 13.2 Å². The minimum Gasteiger partial charge on any atom is -1.00 e. The number of benzene rings is 1. The number of hydrogen-bond acceptors (Lipinski definition) is 2. The van der Waals surface area contributed by atoms with Crippen molar-refractivity contribution in [3.05, 3.63) is 29.8 Å². The molecule has 3 heteroatoms. The predicted molar refractivity (Wildman–Crippen MR) is 45.5 cm³/mol. The Morgan fingerprint density at radius 2 is 1.83 bits per heavy atom. The molecule has 0 aromatic heterocycles. The molecule has 0 heterocycles. The van der Waals surface area contributed by atoms with Crippen molar-refractivity contribution < 1.29 is 21.7 Å². The summed E-state index contributed by atoms with van der Waals surface area (Å²) >= 11 is 0.